The van der Waals surface area contributed by atoms with Gasteiger partial charge in [-0.2, -0.15) is 0 Å². The number of hydrogen-bond acceptors (Lipinski definition) is 6. The van der Waals surface area contributed by atoms with Gasteiger partial charge in [0.2, 0.25) is 0 Å². The van der Waals surface area contributed by atoms with Crippen LogP contribution in [0.15, 0.2) is 12.1 Å². The van der Waals surface area contributed by atoms with Crippen molar-refractivity contribution in [2.45, 2.75) is 32.5 Å². The molecule has 0 aromatic heterocycles. The molecular weight excluding hydrogens is 301 g/mol. The van der Waals surface area contributed by atoms with E-state index in [-0.39, 0.29) is 6.54 Å². The summed E-state index contributed by atoms with van der Waals surface area (Å²) in [5.41, 5.74) is 0.768. The van der Waals surface area contributed by atoms with Gasteiger partial charge < -0.3 is 29.2 Å². The van der Waals surface area contributed by atoms with Crippen LogP contribution in [-0.2, 0) is 9.39 Å². The number of alkyl carbamates (subject to hydrolysis) is 1. The third-order valence-electron chi connectivity index (χ3n) is 3.49. The number of rotatable bonds is 2. The molecule has 124 valence electrons. The van der Waals surface area contributed by atoms with Gasteiger partial charge in [-0.15, -0.1) is 0 Å². The Labute approximate surface area is 135 Å². The lowest BCUT2D eigenvalue weighted by atomic mass is 9.79. The summed E-state index contributed by atoms with van der Waals surface area (Å²) in [6.45, 7) is 6.46. The predicted octanol–water partition coefficient (Wildman–Crippen LogP) is 0.741. The van der Waals surface area contributed by atoms with E-state index in [2.05, 4.69) is 5.32 Å². The van der Waals surface area contributed by atoms with Gasteiger partial charge in [0.1, 0.15) is 18.8 Å². The van der Waals surface area contributed by atoms with E-state index in [1.165, 1.54) is 0 Å². The second-order valence-corrected chi connectivity index (χ2v) is 6.45. The van der Waals surface area contributed by atoms with Crippen LogP contribution < -0.4 is 20.3 Å². The van der Waals surface area contributed by atoms with Gasteiger partial charge in [0.25, 0.3) is 0 Å². The van der Waals surface area contributed by atoms with Crippen molar-refractivity contribution >= 4 is 18.7 Å². The molecule has 2 aliphatic heterocycles. The summed E-state index contributed by atoms with van der Waals surface area (Å²) in [6, 6.07) is 3.50. The molecular formula is C15H20BNO6. The van der Waals surface area contributed by atoms with Gasteiger partial charge >= 0.3 is 13.2 Å². The lowest BCUT2D eigenvalue weighted by Crippen LogP contribution is -2.35. The third-order valence-corrected chi connectivity index (χ3v) is 3.49. The zero-order valence-corrected chi connectivity index (χ0v) is 13.4. The molecule has 23 heavy (non-hydrogen) atoms. The second kappa shape index (κ2) is 5.94. The molecule has 0 aliphatic carbocycles. The molecule has 1 aromatic rings. The Hall–Kier alpha value is -1.93. The summed E-state index contributed by atoms with van der Waals surface area (Å²) in [5, 5.41) is 12.7. The minimum absolute atomic E-state index is 0.165. The maximum absolute atomic E-state index is 11.8. The van der Waals surface area contributed by atoms with Crippen molar-refractivity contribution in [3.63, 3.8) is 0 Å². The molecule has 0 saturated heterocycles. The Bertz CT molecular complexity index is 615. The van der Waals surface area contributed by atoms with Gasteiger partial charge in [-0.25, -0.2) is 4.79 Å². The maximum atomic E-state index is 11.8. The van der Waals surface area contributed by atoms with Crippen LogP contribution >= 0.6 is 0 Å². The summed E-state index contributed by atoms with van der Waals surface area (Å²) in [4.78, 5) is 11.8. The molecule has 7 nitrogen and oxygen atoms in total. The predicted molar refractivity (Wildman–Crippen MR) is 83.1 cm³/mol. The SMILES string of the molecule is CC(C)(C)OC(=O)NCC1OB(O)c2ccc3c(c21)OCCO3. The van der Waals surface area contributed by atoms with Crippen molar-refractivity contribution in [3.05, 3.63) is 17.7 Å². The number of hydrogen-bond donors (Lipinski definition) is 2. The Morgan fingerprint density at radius 1 is 1.39 bits per heavy atom. The minimum Gasteiger partial charge on any atom is -0.486 e. The van der Waals surface area contributed by atoms with Crippen molar-refractivity contribution < 1.29 is 28.7 Å². The van der Waals surface area contributed by atoms with Gasteiger partial charge in [-0.3, -0.25) is 0 Å². The Kier molecular flexibility index (Phi) is 4.12. The first-order valence-corrected chi connectivity index (χ1v) is 7.58. The molecule has 1 atom stereocenters. The smallest absolute Gasteiger partial charge is 0.486 e. The third kappa shape index (κ3) is 3.38. The molecule has 8 heteroatoms. The molecule has 1 amide bonds. The minimum atomic E-state index is -1.05. The van der Waals surface area contributed by atoms with Gasteiger partial charge in [0, 0.05) is 12.1 Å². The second-order valence-electron chi connectivity index (χ2n) is 6.45. The lowest BCUT2D eigenvalue weighted by Gasteiger charge is -2.24. The highest BCUT2D eigenvalue weighted by Gasteiger charge is 2.39. The van der Waals surface area contributed by atoms with Crippen molar-refractivity contribution in [1.29, 1.82) is 0 Å². The molecule has 2 N–H and O–H groups in total. The molecule has 1 unspecified atom stereocenters. The van der Waals surface area contributed by atoms with E-state index in [0.717, 1.165) is 0 Å². The Morgan fingerprint density at radius 3 is 2.87 bits per heavy atom. The Balaban J connectivity index is 1.76. The summed E-state index contributed by atoms with van der Waals surface area (Å²) in [6.07, 6.45) is -1.06. The monoisotopic (exact) mass is 321 g/mol. The van der Waals surface area contributed by atoms with Crippen molar-refractivity contribution in [2.75, 3.05) is 19.8 Å². The highest BCUT2D eigenvalue weighted by molar-refractivity contribution is 6.62. The van der Waals surface area contributed by atoms with Gasteiger partial charge in [-0.1, -0.05) is 6.07 Å². The number of benzene rings is 1. The first kappa shape index (κ1) is 16.0. The highest BCUT2D eigenvalue weighted by atomic mass is 16.6. The average molecular weight is 321 g/mol. The van der Waals surface area contributed by atoms with Gasteiger partial charge in [-0.05, 0) is 32.3 Å². The van der Waals surface area contributed by atoms with E-state index in [1.807, 2.05) is 0 Å². The van der Waals surface area contributed by atoms with Crippen LogP contribution in [0.3, 0.4) is 0 Å². The number of fused-ring (bicyclic) bond motifs is 3. The standard InChI is InChI=1S/C15H20BNO6/c1-15(2,3)22-14(18)17-8-11-12-9(16(19)23-11)4-5-10-13(12)21-7-6-20-10/h4-5,11,19H,6-8H2,1-3H3,(H,17,18). The molecule has 2 heterocycles. The van der Waals surface area contributed by atoms with Crippen molar-refractivity contribution in [3.8, 4) is 11.5 Å². The van der Waals surface area contributed by atoms with Crippen LogP contribution in [0.2, 0.25) is 0 Å². The molecule has 0 spiro atoms. The van der Waals surface area contributed by atoms with Gasteiger partial charge in [0.15, 0.2) is 11.5 Å². The molecule has 0 radical (unpaired) electrons. The van der Waals surface area contributed by atoms with Crippen LogP contribution in [0.25, 0.3) is 0 Å². The first-order chi connectivity index (χ1) is 10.8. The van der Waals surface area contributed by atoms with E-state index in [4.69, 9.17) is 18.9 Å². The van der Waals surface area contributed by atoms with Crippen LogP contribution in [0, 0.1) is 0 Å². The summed E-state index contributed by atoms with van der Waals surface area (Å²) in [7, 11) is -1.05. The zero-order chi connectivity index (χ0) is 16.6. The fourth-order valence-corrected chi connectivity index (χ4v) is 2.64. The molecule has 0 saturated carbocycles. The van der Waals surface area contributed by atoms with E-state index >= 15 is 0 Å². The number of carbonyl (C=O) groups excluding carboxylic acids is 1. The zero-order valence-electron chi connectivity index (χ0n) is 13.4. The molecule has 0 bridgehead atoms. The van der Waals surface area contributed by atoms with Crippen molar-refractivity contribution in [1.82, 2.24) is 5.32 Å². The average Bonchev–Trinajstić information content (AvgIpc) is 2.80. The summed E-state index contributed by atoms with van der Waals surface area (Å²) < 4.78 is 22.0. The summed E-state index contributed by atoms with van der Waals surface area (Å²) in [5.74, 6) is 1.19. The van der Waals surface area contributed by atoms with Crippen LogP contribution in [0.5, 0.6) is 11.5 Å². The fourth-order valence-electron chi connectivity index (χ4n) is 2.64. The van der Waals surface area contributed by atoms with E-state index < -0.39 is 24.9 Å². The first-order valence-electron chi connectivity index (χ1n) is 7.58. The molecule has 0 fully saturated rings. The number of amides is 1. The summed E-state index contributed by atoms with van der Waals surface area (Å²) >= 11 is 0. The Morgan fingerprint density at radius 2 is 2.13 bits per heavy atom. The lowest BCUT2D eigenvalue weighted by molar-refractivity contribution is 0.0497. The molecule has 2 aliphatic rings. The quantitative estimate of drug-likeness (QED) is 0.782. The maximum Gasteiger partial charge on any atom is 0.492 e. The fraction of sp³-hybridized carbons (Fsp3) is 0.533. The number of carbonyl (C=O) groups is 1. The number of nitrogens with one attached hydrogen (secondary N) is 1. The van der Waals surface area contributed by atoms with Gasteiger partial charge in [0.05, 0.1) is 6.10 Å². The van der Waals surface area contributed by atoms with E-state index in [9.17, 15) is 9.82 Å². The van der Waals surface area contributed by atoms with Crippen LogP contribution in [0.1, 0.15) is 32.4 Å². The topological polar surface area (TPSA) is 86.3 Å². The van der Waals surface area contributed by atoms with Crippen LogP contribution in [0.4, 0.5) is 4.79 Å². The van der Waals surface area contributed by atoms with E-state index in [0.29, 0.717) is 35.7 Å². The largest absolute Gasteiger partial charge is 0.492 e. The van der Waals surface area contributed by atoms with Crippen LogP contribution in [-0.4, -0.2) is 43.6 Å². The number of ether oxygens (including phenoxy) is 3. The normalized spacial score (nSPS) is 19.3. The van der Waals surface area contributed by atoms with E-state index in [1.54, 1.807) is 32.9 Å². The highest BCUT2D eigenvalue weighted by Crippen LogP contribution is 2.39. The molecule has 3 rings (SSSR count). The molecule has 1 aromatic carbocycles. The van der Waals surface area contributed by atoms with Crippen molar-refractivity contribution in [2.24, 2.45) is 0 Å².